The van der Waals surface area contributed by atoms with Gasteiger partial charge in [0.05, 0.1) is 17.5 Å². The van der Waals surface area contributed by atoms with Crippen molar-refractivity contribution in [3.8, 4) is 0 Å². The Morgan fingerprint density at radius 3 is 2.12 bits per heavy atom. The average Bonchev–Trinajstić information content (AvgIpc) is 3.37. The quantitative estimate of drug-likeness (QED) is 0.263. The molecule has 3 atom stereocenters. The van der Waals surface area contributed by atoms with Gasteiger partial charge in [0.15, 0.2) is 0 Å². The molecule has 0 aromatic heterocycles. The second-order valence-electron chi connectivity index (χ2n) is 12.8. The summed E-state index contributed by atoms with van der Waals surface area (Å²) in [5.74, 6) is -0.790. The highest BCUT2D eigenvalue weighted by Crippen LogP contribution is 2.70. The molecule has 5 rings (SSSR count). The van der Waals surface area contributed by atoms with Gasteiger partial charge in [0.2, 0.25) is 15.9 Å². The van der Waals surface area contributed by atoms with Gasteiger partial charge in [0, 0.05) is 23.0 Å². The number of aliphatic imine (C=N–C) groups is 1. The lowest BCUT2D eigenvalue weighted by atomic mass is 9.69. The zero-order chi connectivity index (χ0) is 28.9. The van der Waals surface area contributed by atoms with Crippen LogP contribution in [0.15, 0.2) is 77.4 Å². The molecule has 212 valence electrons. The molecule has 3 aliphatic rings. The first-order valence-electron chi connectivity index (χ1n) is 13.9. The first-order chi connectivity index (χ1) is 18.8. The van der Waals surface area contributed by atoms with E-state index in [1.165, 1.54) is 6.08 Å². The zero-order valence-corrected chi connectivity index (χ0v) is 24.7. The molecule has 0 radical (unpaired) electrons. The average molecular weight is 563 g/mol. The van der Waals surface area contributed by atoms with E-state index in [1.807, 2.05) is 60.7 Å². The number of sulfonamides is 1. The van der Waals surface area contributed by atoms with Crippen LogP contribution in [0.4, 0.5) is 0 Å². The maximum atomic E-state index is 13.6. The summed E-state index contributed by atoms with van der Waals surface area (Å²) < 4.78 is 33.5. The molecular formula is C32H38N2O5S. The lowest BCUT2D eigenvalue weighted by molar-refractivity contribution is -0.149. The fraction of sp³-hybridized carbons (Fsp3) is 0.469. The maximum Gasteiger partial charge on any atom is 0.357 e. The lowest BCUT2D eigenvalue weighted by Crippen LogP contribution is -2.44. The summed E-state index contributed by atoms with van der Waals surface area (Å²) in [7, 11) is -3.76. The molecule has 2 bridgehead atoms. The van der Waals surface area contributed by atoms with Crippen LogP contribution in [0.1, 0.15) is 71.4 Å². The fourth-order valence-electron chi connectivity index (χ4n) is 7.00. The van der Waals surface area contributed by atoms with Crippen LogP contribution in [0, 0.1) is 16.7 Å². The number of benzene rings is 2. The van der Waals surface area contributed by atoms with Crippen molar-refractivity contribution in [1.82, 2.24) is 4.31 Å². The molecule has 1 heterocycles. The Kier molecular flexibility index (Phi) is 7.06. The van der Waals surface area contributed by atoms with Gasteiger partial charge in [-0.1, -0.05) is 74.5 Å². The van der Waals surface area contributed by atoms with Gasteiger partial charge >= 0.3 is 5.97 Å². The number of ether oxygens (including phenoxy) is 1. The first-order valence-corrected chi connectivity index (χ1v) is 15.5. The van der Waals surface area contributed by atoms with E-state index >= 15 is 0 Å². The van der Waals surface area contributed by atoms with Crippen molar-refractivity contribution < 1.29 is 22.7 Å². The monoisotopic (exact) mass is 562 g/mol. The van der Waals surface area contributed by atoms with Crippen molar-refractivity contribution >= 4 is 27.6 Å². The molecule has 0 N–H and O–H groups in total. The molecule has 2 saturated carbocycles. The number of amides is 1. The smallest absolute Gasteiger partial charge is 0.357 e. The molecule has 1 spiro atoms. The standard InChI is InChI=1S/C32H38N2O5S/c1-30(2,3)39-29(36)25(33-28(22-12-8-6-9-13-22)23-14-10-7-11-15-23)16-17-27(35)34-26-20-24-18-19-32(26,31(24,4)5)21-40(34,37)38/h6-16,24,26H,17-21H2,1-5H3/b25-16-/t24-,26-,32-/m1/s1. The Hall–Kier alpha value is -3.26. The molecule has 40 heavy (non-hydrogen) atoms. The molecule has 8 heteroatoms. The number of hydrogen-bond acceptors (Lipinski definition) is 6. The van der Waals surface area contributed by atoms with E-state index < -0.39 is 32.9 Å². The predicted molar refractivity (Wildman–Crippen MR) is 155 cm³/mol. The summed E-state index contributed by atoms with van der Waals surface area (Å²) in [5, 5.41) is 0. The van der Waals surface area contributed by atoms with E-state index in [0.717, 1.165) is 28.3 Å². The Morgan fingerprint density at radius 1 is 1.02 bits per heavy atom. The predicted octanol–water partition coefficient (Wildman–Crippen LogP) is 5.51. The number of nitrogens with zero attached hydrogens (tertiary/aromatic N) is 2. The van der Waals surface area contributed by atoms with Crippen molar-refractivity contribution in [3.63, 3.8) is 0 Å². The molecule has 1 saturated heterocycles. The number of esters is 1. The lowest BCUT2D eigenvalue weighted by Gasteiger charge is -2.37. The van der Waals surface area contributed by atoms with Crippen molar-refractivity contribution in [2.24, 2.45) is 21.7 Å². The molecule has 1 amide bonds. The van der Waals surface area contributed by atoms with Crippen LogP contribution in [0.25, 0.3) is 0 Å². The highest BCUT2D eigenvalue weighted by Gasteiger charge is 2.72. The third kappa shape index (κ3) is 4.91. The number of carbonyl (C=O) groups excluding carboxylic acids is 2. The van der Waals surface area contributed by atoms with E-state index in [0.29, 0.717) is 18.1 Å². The number of rotatable bonds is 6. The van der Waals surface area contributed by atoms with Crippen LogP contribution < -0.4 is 0 Å². The first kappa shape index (κ1) is 28.3. The van der Waals surface area contributed by atoms with E-state index in [1.54, 1.807) is 20.8 Å². The van der Waals surface area contributed by atoms with Crippen molar-refractivity contribution in [2.75, 3.05) is 5.75 Å². The van der Waals surface area contributed by atoms with Gasteiger partial charge in [-0.15, -0.1) is 0 Å². The molecule has 2 aromatic carbocycles. The van der Waals surface area contributed by atoms with Gasteiger partial charge in [0.1, 0.15) is 11.3 Å². The second kappa shape index (κ2) is 9.98. The van der Waals surface area contributed by atoms with Crippen LogP contribution in [-0.2, 0) is 24.3 Å². The van der Waals surface area contributed by atoms with Crippen LogP contribution in [0.5, 0.6) is 0 Å². The van der Waals surface area contributed by atoms with Gasteiger partial charge in [-0.3, -0.25) is 4.79 Å². The van der Waals surface area contributed by atoms with E-state index in [2.05, 4.69) is 13.8 Å². The number of fused-ring (bicyclic) bond motifs is 1. The summed E-state index contributed by atoms with van der Waals surface area (Å²) in [4.78, 5) is 31.7. The number of carbonyl (C=O) groups is 2. The SMILES string of the molecule is CC(C)(C)OC(=O)/C(=C/CC(=O)N1[C@@H]2C[C@H]3CC[C@]2(CS1(=O)=O)C3(C)C)N=C(c1ccccc1)c1ccccc1. The Morgan fingerprint density at radius 2 is 1.60 bits per heavy atom. The minimum absolute atomic E-state index is 0.00680. The Labute approximate surface area is 237 Å². The van der Waals surface area contributed by atoms with Crippen molar-refractivity contribution in [2.45, 2.75) is 71.9 Å². The van der Waals surface area contributed by atoms with Gasteiger partial charge < -0.3 is 4.74 Å². The van der Waals surface area contributed by atoms with E-state index in [-0.39, 0.29) is 29.3 Å². The molecular weight excluding hydrogens is 524 g/mol. The van der Waals surface area contributed by atoms with Crippen LogP contribution in [-0.4, -0.2) is 47.7 Å². The molecule has 2 aliphatic carbocycles. The molecule has 0 unspecified atom stereocenters. The largest absolute Gasteiger partial charge is 0.455 e. The van der Waals surface area contributed by atoms with Crippen LogP contribution >= 0.6 is 0 Å². The zero-order valence-electron chi connectivity index (χ0n) is 23.9. The Balaban J connectivity index is 1.52. The summed E-state index contributed by atoms with van der Waals surface area (Å²) in [6.07, 6.45) is 3.66. The van der Waals surface area contributed by atoms with Gasteiger partial charge in [-0.05, 0) is 57.4 Å². The van der Waals surface area contributed by atoms with E-state index in [4.69, 9.17) is 9.73 Å². The highest BCUT2D eigenvalue weighted by atomic mass is 32.2. The Bertz CT molecular complexity index is 1430. The third-order valence-electron chi connectivity index (χ3n) is 9.06. The fourth-order valence-corrected chi connectivity index (χ4v) is 9.56. The molecule has 1 aliphatic heterocycles. The molecule has 2 aromatic rings. The normalized spacial score (nSPS) is 26.3. The third-order valence-corrected chi connectivity index (χ3v) is 11.0. The topological polar surface area (TPSA) is 93.1 Å². The summed E-state index contributed by atoms with van der Waals surface area (Å²) >= 11 is 0. The maximum absolute atomic E-state index is 13.6. The number of hydrogen-bond donors (Lipinski definition) is 0. The summed E-state index contributed by atoms with van der Waals surface area (Å²) in [5.41, 5.74) is 0.774. The van der Waals surface area contributed by atoms with Gasteiger partial charge in [-0.25, -0.2) is 22.5 Å². The van der Waals surface area contributed by atoms with Crippen molar-refractivity contribution in [3.05, 3.63) is 83.6 Å². The van der Waals surface area contributed by atoms with Gasteiger partial charge in [0.25, 0.3) is 0 Å². The van der Waals surface area contributed by atoms with E-state index in [9.17, 15) is 18.0 Å². The minimum Gasteiger partial charge on any atom is -0.455 e. The van der Waals surface area contributed by atoms with Crippen molar-refractivity contribution in [1.29, 1.82) is 0 Å². The highest BCUT2D eigenvalue weighted by molar-refractivity contribution is 7.90. The minimum atomic E-state index is -3.76. The van der Waals surface area contributed by atoms with Crippen LogP contribution in [0.3, 0.4) is 0 Å². The summed E-state index contributed by atoms with van der Waals surface area (Å²) in [6.45, 7) is 9.59. The summed E-state index contributed by atoms with van der Waals surface area (Å²) in [6, 6.07) is 18.6. The second-order valence-corrected chi connectivity index (χ2v) is 14.6. The molecule has 7 nitrogen and oxygen atoms in total. The van der Waals surface area contributed by atoms with Gasteiger partial charge in [-0.2, -0.15) is 0 Å². The van der Waals surface area contributed by atoms with Crippen LogP contribution in [0.2, 0.25) is 0 Å². The molecule has 3 fully saturated rings.